The zero-order valence-electron chi connectivity index (χ0n) is 16.5. The Bertz CT molecular complexity index is 1160. The number of phosphoric acid groups is 3. The van der Waals surface area contributed by atoms with Crippen molar-refractivity contribution in [2.75, 3.05) is 13.2 Å². The van der Waals surface area contributed by atoms with Gasteiger partial charge in [0.05, 0.1) is 9.30 Å². The van der Waals surface area contributed by atoms with Crippen LogP contribution in [0.1, 0.15) is 8.97 Å². The lowest BCUT2D eigenvalue weighted by atomic mass is 9.96. The van der Waals surface area contributed by atoms with E-state index in [1.165, 1.54) is 0 Å². The van der Waals surface area contributed by atoms with E-state index in [0.717, 1.165) is 0 Å². The van der Waals surface area contributed by atoms with Crippen molar-refractivity contribution in [1.29, 1.82) is 0 Å². The fourth-order valence-corrected chi connectivity index (χ4v) is 5.07. The minimum atomic E-state index is -6.11. The van der Waals surface area contributed by atoms with Gasteiger partial charge in [0.25, 0.3) is 5.56 Å². The molecule has 1 saturated heterocycles. The summed E-state index contributed by atoms with van der Waals surface area (Å²) in [6.07, 6.45) is -7.17. The quantitative estimate of drug-likeness (QED) is 0.163. The number of nitrogens with zero attached hydrogens (tertiary/aromatic N) is 2. The average Bonchev–Trinajstić information content (AvgIpc) is 2.83. The summed E-state index contributed by atoms with van der Waals surface area (Å²) in [6.45, 7) is -5.72. The first-order chi connectivity index (χ1) is 14.7. The zero-order valence-corrected chi connectivity index (χ0v) is 17.2. The lowest BCUT2D eigenvalue weighted by Crippen LogP contribution is -2.51. The summed E-state index contributed by atoms with van der Waals surface area (Å²) in [7, 11) is -17.9. The molecule has 3 unspecified atom stereocenters. The number of ether oxygens (including phenoxy) is 1. The Labute approximate surface area is 172 Å². The van der Waals surface area contributed by atoms with Crippen molar-refractivity contribution in [2.45, 2.75) is 24.0 Å². The lowest BCUT2D eigenvalue weighted by Gasteiger charge is -2.27. The molecule has 1 aromatic rings. The summed E-state index contributed by atoms with van der Waals surface area (Å²) in [5.41, 5.74) is -5.58. The maximum atomic E-state index is 13.6. The van der Waals surface area contributed by atoms with E-state index in [1.54, 1.807) is 4.98 Å². The largest absolute Gasteiger partial charge is 0.490 e. The minimum Gasteiger partial charge on any atom is -0.387 e. The van der Waals surface area contributed by atoms with Crippen LogP contribution in [0.4, 0.5) is 4.39 Å². The molecular formula is C9H15FN3O15P3. The van der Waals surface area contributed by atoms with Gasteiger partial charge in [-0.2, -0.15) is 18.4 Å². The van der Waals surface area contributed by atoms with Crippen LogP contribution in [0.2, 0.25) is 0 Å². The summed E-state index contributed by atoms with van der Waals surface area (Å²) in [5, 5.41) is 23.9. The van der Waals surface area contributed by atoms with E-state index in [2.05, 4.69) is 18.2 Å². The zero-order chi connectivity index (χ0) is 25.6. The number of halogens is 1. The standard InChI is InChI=1S/C9H15FN3O15P3/c10-3-9(17)6(15)4(26-7(9)13-8(16)12-5(14)1-11-13)2-25-30(21,22)28-31(23,24)27-29(18,19)20/h1,4,6-7,15,17H,2-3H2,(H,21,22)(H,23,24)(H,12,14,16)(H2,18,19,20)/t4-,6+,7-,9?/m1/s1/i2D2. The van der Waals surface area contributed by atoms with Crippen molar-refractivity contribution in [3.63, 3.8) is 0 Å². The molecule has 7 N–H and O–H groups in total. The Hall–Kier alpha value is -1.17. The highest BCUT2D eigenvalue weighted by molar-refractivity contribution is 7.66. The molecule has 0 saturated carbocycles. The third kappa shape index (κ3) is 6.43. The monoisotopic (exact) mass is 519 g/mol. The van der Waals surface area contributed by atoms with Crippen LogP contribution in [-0.4, -0.2) is 75.6 Å². The third-order valence-corrected chi connectivity index (χ3v) is 7.04. The Kier molecular flexibility index (Phi) is 6.67. The summed E-state index contributed by atoms with van der Waals surface area (Å²) < 4.78 is 78.6. The van der Waals surface area contributed by atoms with Gasteiger partial charge in [-0.25, -0.2) is 22.9 Å². The molecule has 2 rings (SSSR count). The van der Waals surface area contributed by atoms with Crippen molar-refractivity contribution < 1.29 is 68.5 Å². The van der Waals surface area contributed by atoms with Gasteiger partial charge in [-0.3, -0.25) is 14.3 Å². The fourth-order valence-electron chi connectivity index (χ4n) is 2.19. The number of phosphoric ester groups is 1. The molecule has 6 atom stereocenters. The number of alkyl halides is 1. The minimum absolute atomic E-state index is 0.102. The van der Waals surface area contributed by atoms with Gasteiger partial charge in [-0.1, -0.05) is 0 Å². The number of aliphatic hydroxyl groups is 2. The van der Waals surface area contributed by atoms with Crippen molar-refractivity contribution in [1.82, 2.24) is 14.8 Å². The molecule has 178 valence electrons. The van der Waals surface area contributed by atoms with E-state index >= 15 is 0 Å². The number of hydrogen-bond acceptors (Lipinski definition) is 12. The highest BCUT2D eigenvalue weighted by atomic mass is 31.3. The van der Waals surface area contributed by atoms with Crippen LogP contribution in [0.25, 0.3) is 0 Å². The fraction of sp³-hybridized carbons (Fsp3) is 0.667. The molecule has 0 aliphatic carbocycles. The predicted octanol–water partition coefficient (Wildman–Crippen LogP) is -2.77. The summed E-state index contributed by atoms with van der Waals surface area (Å²) in [6, 6.07) is 0. The van der Waals surface area contributed by atoms with Crippen LogP contribution in [-0.2, 0) is 31.6 Å². The van der Waals surface area contributed by atoms with E-state index in [1.807, 2.05) is 0 Å². The van der Waals surface area contributed by atoms with E-state index in [4.69, 9.17) is 22.2 Å². The molecule has 0 bridgehead atoms. The molecule has 0 spiro atoms. The molecule has 1 fully saturated rings. The van der Waals surface area contributed by atoms with Gasteiger partial charge in [-0.05, 0) is 0 Å². The lowest BCUT2D eigenvalue weighted by molar-refractivity contribution is -0.126. The number of hydrogen-bond donors (Lipinski definition) is 7. The van der Waals surface area contributed by atoms with Crippen LogP contribution in [0, 0.1) is 0 Å². The van der Waals surface area contributed by atoms with Gasteiger partial charge >= 0.3 is 29.2 Å². The highest BCUT2D eigenvalue weighted by Crippen LogP contribution is 2.66. The summed E-state index contributed by atoms with van der Waals surface area (Å²) in [4.78, 5) is 60.2. The van der Waals surface area contributed by atoms with Crippen LogP contribution < -0.4 is 11.2 Å². The van der Waals surface area contributed by atoms with Gasteiger partial charge < -0.3 is 34.5 Å². The molecule has 1 aliphatic rings. The van der Waals surface area contributed by atoms with Gasteiger partial charge in [0.15, 0.2) is 11.8 Å². The van der Waals surface area contributed by atoms with Crippen molar-refractivity contribution in [2.24, 2.45) is 0 Å². The van der Waals surface area contributed by atoms with Gasteiger partial charge in [0.2, 0.25) is 0 Å². The van der Waals surface area contributed by atoms with Crippen molar-refractivity contribution >= 4 is 23.5 Å². The normalized spacial score (nSPS) is 32.0. The molecule has 0 radical (unpaired) electrons. The topological polar surface area (TPSA) is 277 Å². The molecule has 31 heavy (non-hydrogen) atoms. The van der Waals surface area contributed by atoms with Gasteiger partial charge in [0.1, 0.15) is 25.1 Å². The molecular weight excluding hydrogens is 502 g/mol. The van der Waals surface area contributed by atoms with E-state index < -0.39 is 72.0 Å². The molecule has 1 aromatic heterocycles. The predicted molar refractivity (Wildman–Crippen MR) is 89.8 cm³/mol. The average molecular weight is 519 g/mol. The second-order valence-electron chi connectivity index (χ2n) is 5.66. The highest BCUT2D eigenvalue weighted by Gasteiger charge is 2.58. The Morgan fingerprint density at radius 3 is 2.39 bits per heavy atom. The van der Waals surface area contributed by atoms with Crippen molar-refractivity contribution in [3.8, 4) is 0 Å². The smallest absolute Gasteiger partial charge is 0.387 e. The van der Waals surface area contributed by atoms with Gasteiger partial charge in [0, 0.05) is 0 Å². The van der Waals surface area contributed by atoms with E-state index in [0.29, 0.717) is 6.20 Å². The SMILES string of the molecule is [2H]C([2H])(OP(=O)(O)OP(=O)(O)OP(=O)(O)O)[C@H]1O[C@@H](n2ncc(=O)[nH]c2=O)C(O)(CF)[C@H]1O. The van der Waals surface area contributed by atoms with E-state index in [-0.39, 0.29) is 4.68 Å². The molecule has 18 nitrogen and oxygen atoms in total. The second-order valence-corrected chi connectivity index (χ2v) is 10.0. The number of aromatic amines is 1. The molecule has 22 heteroatoms. The Morgan fingerprint density at radius 2 is 1.87 bits per heavy atom. The number of aromatic nitrogens is 3. The number of rotatable bonds is 9. The van der Waals surface area contributed by atoms with Gasteiger partial charge in [-0.15, -0.1) is 0 Å². The van der Waals surface area contributed by atoms with Crippen molar-refractivity contribution in [3.05, 3.63) is 27.0 Å². The number of H-pyrrole nitrogens is 1. The number of nitrogens with one attached hydrogen (secondary N) is 1. The first-order valence-electron chi connectivity index (χ1n) is 8.38. The maximum absolute atomic E-state index is 13.6. The van der Waals surface area contributed by atoms with Crippen LogP contribution in [0.5, 0.6) is 0 Å². The summed E-state index contributed by atoms with van der Waals surface area (Å²) >= 11 is 0. The van der Waals surface area contributed by atoms with Crippen LogP contribution in [0.3, 0.4) is 0 Å². The maximum Gasteiger partial charge on any atom is 0.490 e. The second kappa shape index (κ2) is 8.99. The van der Waals surface area contributed by atoms with Crippen LogP contribution in [0.15, 0.2) is 15.8 Å². The first-order valence-corrected chi connectivity index (χ1v) is 11.9. The number of aliphatic hydroxyl groups excluding tert-OH is 1. The molecule has 2 heterocycles. The Balaban J connectivity index is 2.35. The van der Waals surface area contributed by atoms with E-state index in [9.17, 15) is 42.8 Å². The first kappa shape index (κ1) is 23.0. The van der Waals surface area contributed by atoms with Crippen LogP contribution >= 0.6 is 23.5 Å². The molecule has 1 aliphatic heterocycles. The third-order valence-electron chi connectivity index (χ3n) is 3.38. The Morgan fingerprint density at radius 1 is 1.26 bits per heavy atom. The summed E-state index contributed by atoms with van der Waals surface area (Å²) in [5.74, 6) is 0. The molecule has 0 aromatic carbocycles. The molecule has 0 amide bonds.